The molecule has 4 heteroatoms. The van der Waals surface area contributed by atoms with Crippen LogP contribution in [-0.2, 0) is 0 Å². The Labute approximate surface area is 243 Å². The van der Waals surface area contributed by atoms with Crippen LogP contribution >= 0.6 is 0 Å². The molecular formula is C38H22N4. The van der Waals surface area contributed by atoms with Gasteiger partial charge in [0, 0.05) is 12.4 Å². The van der Waals surface area contributed by atoms with Crippen molar-refractivity contribution in [3.8, 4) is 56.6 Å². The first-order valence-corrected chi connectivity index (χ1v) is 13.6. The lowest BCUT2D eigenvalue weighted by Gasteiger charge is -2.18. The van der Waals surface area contributed by atoms with Crippen molar-refractivity contribution in [1.29, 1.82) is 10.5 Å². The van der Waals surface area contributed by atoms with E-state index in [1.807, 2.05) is 24.3 Å². The van der Waals surface area contributed by atoms with Crippen LogP contribution in [0.4, 0.5) is 0 Å². The molecule has 0 fully saturated rings. The second-order valence-corrected chi connectivity index (χ2v) is 10.1. The zero-order valence-corrected chi connectivity index (χ0v) is 22.5. The summed E-state index contributed by atoms with van der Waals surface area (Å²) in [6.07, 6.45) is 3.35. The lowest BCUT2D eigenvalue weighted by molar-refractivity contribution is 1.26. The molecule has 194 valence electrons. The fourth-order valence-electron chi connectivity index (χ4n) is 5.75. The Balaban J connectivity index is 1.38. The molecule has 0 unspecified atom stereocenters. The van der Waals surface area contributed by atoms with Crippen LogP contribution in [-0.4, -0.2) is 9.97 Å². The zero-order chi connectivity index (χ0) is 28.5. The van der Waals surface area contributed by atoms with Gasteiger partial charge in [0.05, 0.1) is 0 Å². The van der Waals surface area contributed by atoms with Gasteiger partial charge in [-0.3, -0.25) is 0 Å². The van der Waals surface area contributed by atoms with E-state index in [2.05, 4.69) is 119 Å². The number of nitrogens with zero attached hydrogens (tertiary/aromatic N) is 4. The Kier molecular flexibility index (Phi) is 6.21. The predicted octanol–water partition coefficient (Wildman–Crippen LogP) is 9.19. The van der Waals surface area contributed by atoms with Gasteiger partial charge in [-0.25, -0.2) is 9.97 Å². The van der Waals surface area contributed by atoms with Crippen LogP contribution < -0.4 is 0 Å². The van der Waals surface area contributed by atoms with E-state index in [1.54, 1.807) is 12.4 Å². The van der Waals surface area contributed by atoms with Gasteiger partial charge in [0.2, 0.25) is 0 Å². The molecule has 0 aliphatic heterocycles. The minimum atomic E-state index is 0.407. The molecule has 0 saturated carbocycles. The first-order valence-electron chi connectivity index (χ1n) is 13.6. The molecule has 0 N–H and O–H groups in total. The Morgan fingerprint density at radius 3 is 1.05 bits per heavy atom. The van der Waals surface area contributed by atoms with Crippen molar-refractivity contribution in [2.24, 2.45) is 0 Å². The van der Waals surface area contributed by atoms with E-state index in [4.69, 9.17) is 0 Å². The average Bonchev–Trinajstić information content (AvgIpc) is 3.07. The summed E-state index contributed by atoms with van der Waals surface area (Å²) in [5, 5.41) is 23.3. The molecule has 0 atom stereocenters. The standard InChI is InChI=1S/C38H22N4/c39-23-31-21-29(17-19-41-31)25-9-13-27(14-10-25)37-33-5-1-2-6-34(33)38(36-8-4-3-7-35(36)37)28-15-11-26(12-16-28)30-18-20-42-32(22-30)24-40/h1-22H. The predicted molar refractivity (Wildman–Crippen MR) is 168 cm³/mol. The Morgan fingerprint density at radius 2 is 0.714 bits per heavy atom. The first kappa shape index (κ1) is 24.9. The molecule has 0 bridgehead atoms. The summed E-state index contributed by atoms with van der Waals surface area (Å²) >= 11 is 0. The highest BCUT2D eigenvalue weighted by Gasteiger charge is 2.16. The number of aromatic nitrogens is 2. The molecular weight excluding hydrogens is 512 g/mol. The molecule has 7 rings (SSSR count). The number of hydrogen-bond acceptors (Lipinski definition) is 4. The monoisotopic (exact) mass is 534 g/mol. The summed E-state index contributed by atoms with van der Waals surface area (Å²) in [4.78, 5) is 8.20. The van der Waals surface area contributed by atoms with Crippen molar-refractivity contribution in [3.05, 3.63) is 145 Å². The van der Waals surface area contributed by atoms with Crippen LogP contribution in [0.3, 0.4) is 0 Å². The third kappa shape index (κ3) is 4.34. The van der Waals surface area contributed by atoms with E-state index < -0.39 is 0 Å². The lowest BCUT2D eigenvalue weighted by Crippen LogP contribution is -1.91. The molecule has 0 spiro atoms. The fraction of sp³-hybridized carbons (Fsp3) is 0. The van der Waals surface area contributed by atoms with Crippen molar-refractivity contribution in [2.75, 3.05) is 0 Å². The van der Waals surface area contributed by atoms with Gasteiger partial charge < -0.3 is 0 Å². The molecule has 2 heterocycles. The van der Waals surface area contributed by atoms with Gasteiger partial charge in [-0.05, 0) is 90.3 Å². The number of rotatable bonds is 4. The minimum absolute atomic E-state index is 0.407. The van der Waals surface area contributed by atoms with Crippen LogP contribution in [0.2, 0.25) is 0 Å². The fourth-order valence-corrected chi connectivity index (χ4v) is 5.75. The second-order valence-electron chi connectivity index (χ2n) is 10.1. The highest BCUT2D eigenvalue weighted by molar-refractivity contribution is 6.21. The maximum atomic E-state index is 9.27. The highest BCUT2D eigenvalue weighted by Crippen LogP contribution is 2.44. The summed E-state index contributed by atoms with van der Waals surface area (Å²) in [6.45, 7) is 0. The van der Waals surface area contributed by atoms with E-state index in [-0.39, 0.29) is 0 Å². The van der Waals surface area contributed by atoms with Crippen molar-refractivity contribution >= 4 is 21.5 Å². The van der Waals surface area contributed by atoms with Crippen LogP contribution in [0.1, 0.15) is 11.4 Å². The highest BCUT2D eigenvalue weighted by atomic mass is 14.7. The summed E-state index contributed by atoms with van der Waals surface area (Å²) in [5.74, 6) is 0. The topological polar surface area (TPSA) is 73.4 Å². The van der Waals surface area contributed by atoms with Gasteiger partial charge in [-0.2, -0.15) is 10.5 Å². The summed E-state index contributed by atoms with van der Waals surface area (Å²) in [7, 11) is 0. The molecule has 0 aliphatic carbocycles. The Hall–Kier alpha value is -6.10. The van der Waals surface area contributed by atoms with Crippen LogP contribution in [0.15, 0.2) is 134 Å². The first-order chi connectivity index (χ1) is 20.7. The molecule has 2 aromatic heterocycles. The second kappa shape index (κ2) is 10.5. The maximum Gasteiger partial charge on any atom is 0.141 e. The smallest absolute Gasteiger partial charge is 0.141 e. The zero-order valence-electron chi connectivity index (χ0n) is 22.5. The number of pyridine rings is 2. The van der Waals surface area contributed by atoms with Gasteiger partial charge in [0.15, 0.2) is 0 Å². The van der Waals surface area contributed by atoms with Crippen LogP contribution in [0.5, 0.6) is 0 Å². The molecule has 42 heavy (non-hydrogen) atoms. The summed E-state index contributed by atoms with van der Waals surface area (Å²) in [6, 6.07) is 46.0. The van der Waals surface area contributed by atoms with Crippen molar-refractivity contribution in [3.63, 3.8) is 0 Å². The SMILES string of the molecule is N#Cc1cc(-c2ccc(-c3c4ccccc4c(-c4ccc(-c5ccnc(C#N)c5)cc4)c4ccccc34)cc2)ccn1. The summed E-state index contributed by atoms with van der Waals surface area (Å²) < 4.78 is 0. The molecule has 7 aromatic rings. The van der Waals surface area contributed by atoms with Gasteiger partial charge in [-0.15, -0.1) is 0 Å². The Morgan fingerprint density at radius 1 is 0.381 bits per heavy atom. The lowest BCUT2D eigenvalue weighted by atomic mass is 9.85. The third-order valence-corrected chi connectivity index (χ3v) is 7.69. The number of nitriles is 2. The quantitative estimate of drug-likeness (QED) is 0.211. The third-order valence-electron chi connectivity index (χ3n) is 7.69. The number of hydrogen-bond donors (Lipinski definition) is 0. The van der Waals surface area contributed by atoms with E-state index in [9.17, 15) is 10.5 Å². The average molecular weight is 535 g/mol. The van der Waals surface area contributed by atoms with Crippen molar-refractivity contribution in [1.82, 2.24) is 9.97 Å². The number of benzene rings is 5. The Bertz CT molecular complexity index is 1980. The molecule has 5 aromatic carbocycles. The van der Waals surface area contributed by atoms with Gasteiger partial charge in [-0.1, -0.05) is 97.1 Å². The van der Waals surface area contributed by atoms with Crippen LogP contribution in [0.25, 0.3) is 66.1 Å². The largest absolute Gasteiger partial charge is 0.246 e. The molecule has 0 radical (unpaired) electrons. The van der Waals surface area contributed by atoms with Gasteiger partial charge in [0.1, 0.15) is 23.5 Å². The van der Waals surface area contributed by atoms with E-state index >= 15 is 0 Å². The normalized spacial score (nSPS) is 10.8. The van der Waals surface area contributed by atoms with E-state index in [0.717, 1.165) is 33.4 Å². The molecule has 4 nitrogen and oxygen atoms in total. The van der Waals surface area contributed by atoms with E-state index in [1.165, 1.54) is 32.7 Å². The maximum absolute atomic E-state index is 9.27. The molecule has 0 aliphatic rings. The van der Waals surface area contributed by atoms with Crippen molar-refractivity contribution < 1.29 is 0 Å². The number of fused-ring (bicyclic) bond motifs is 2. The van der Waals surface area contributed by atoms with Crippen molar-refractivity contribution in [2.45, 2.75) is 0 Å². The molecule has 0 saturated heterocycles. The van der Waals surface area contributed by atoms with Gasteiger partial charge >= 0.3 is 0 Å². The van der Waals surface area contributed by atoms with Crippen LogP contribution in [0, 0.1) is 22.7 Å². The molecule has 0 amide bonds. The van der Waals surface area contributed by atoms with E-state index in [0.29, 0.717) is 11.4 Å². The summed E-state index contributed by atoms with van der Waals surface area (Å²) in [5.41, 5.74) is 9.49. The van der Waals surface area contributed by atoms with Gasteiger partial charge in [0.25, 0.3) is 0 Å². The minimum Gasteiger partial charge on any atom is -0.246 e.